The summed E-state index contributed by atoms with van der Waals surface area (Å²) in [5, 5.41) is 11.3. The van der Waals surface area contributed by atoms with Crippen molar-refractivity contribution in [2.24, 2.45) is 0 Å². The first kappa shape index (κ1) is 16.2. The number of Topliss-reactive ketones (excluding diaryl/α,β-unsaturated/α-hetero) is 1. The second kappa shape index (κ2) is 6.30. The van der Waals surface area contributed by atoms with Crippen LogP contribution in [-0.2, 0) is 11.3 Å². The number of rotatable bonds is 5. The van der Waals surface area contributed by atoms with Gasteiger partial charge in [0.25, 0.3) is 0 Å². The number of hydrogen-bond donors (Lipinski definition) is 2. The van der Waals surface area contributed by atoms with Crippen LogP contribution >= 0.6 is 0 Å². The molecule has 2 rings (SSSR count). The van der Waals surface area contributed by atoms with Crippen LogP contribution < -0.4 is 5.32 Å². The molecule has 0 atom stereocenters. The third-order valence-electron chi connectivity index (χ3n) is 4.47. The Morgan fingerprint density at radius 3 is 2.59 bits per heavy atom. The lowest BCUT2D eigenvalue weighted by Crippen LogP contribution is -2.61. The molecule has 1 aliphatic heterocycles. The Morgan fingerprint density at radius 2 is 2.05 bits per heavy atom. The van der Waals surface area contributed by atoms with Gasteiger partial charge in [-0.3, -0.25) is 19.9 Å². The molecule has 1 heterocycles. The van der Waals surface area contributed by atoms with E-state index >= 15 is 0 Å². The van der Waals surface area contributed by atoms with Crippen LogP contribution in [0.3, 0.4) is 0 Å². The van der Waals surface area contributed by atoms with E-state index in [0.717, 1.165) is 18.4 Å². The van der Waals surface area contributed by atoms with Gasteiger partial charge in [0.1, 0.15) is 0 Å². The van der Waals surface area contributed by atoms with E-state index < -0.39 is 0 Å². The molecule has 2 N–H and O–H groups in total. The van der Waals surface area contributed by atoms with E-state index in [1.165, 1.54) is 11.8 Å². The van der Waals surface area contributed by atoms with Crippen molar-refractivity contribution in [1.29, 1.82) is 5.41 Å². The fourth-order valence-corrected chi connectivity index (χ4v) is 2.79. The molecule has 0 aliphatic carbocycles. The molecular weight excluding hydrogens is 278 g/mol. The molecule has 5 nitrogen and oxygen atoms in total. The van der Waals surface area contributed by atoms with Gasteiger partial charge in [0.2, 0.25) is 5.91 Å². The largest absolute Gasteiger partial charge is 0.350 e. The highest BCUT2D eigenvalue weighted by Gasteiger charge is 2.38. The first-order chi connectivity index (χ1) is 10.4. The standard InChI is InChI=1S/C17H23N3O2/c1-4-17(5-2)10-15(22)20(16(18)19-17)11-13-7-6-8-14(9-13)12(3)21/h6-9H,4-5,10-11H2,1-3H3,(H2,18,19). The molecule has 1 saturated heterocycles. The summed E-state index contributed by atoms with van der Waals surface area (Å²) in [6.45, 7) is 5.90. The predicted octanol–water partition coefficient (Wildman–Crippen LogP) is 2.70. The van der Waals surface area contributed by atoms with E-state index in [4.69, 9.17) is 5.41 Å². The maximum absolute atomic E-state index is 12.4. The lowest BCUT2D eigenvalue weighted by atomic mass is 9.87. The summed E-state index contributed by atoms with van der Waals surface area (Å²) in [6.07, 6.45) is 2.02. The second-order valence-corrected chi connectivity index (χ2v) is 5.87. The smallest absolute Gasteiger partial charge is 0.231 e. The Labute approximate surface area is 131 Å². The summed E-state index contributed by atoms with van der Waals surface area (Å²) in [6, 6.07) is 7.21. The van der Waals surface area contributed by atoms with Crippen LogP contribution in [-0.4, -0.2) is 28.1 Å². The molecule has 0 saturated carbocycles. The van der Waals surface area contributed by atoms with Crippen molar-refractivity contribution in [1.82, 2.24) is 10.2 Å². The van der Waals surface area contributed by atoms with Crippen molar-refractivity contribution < 1.29 is 9.59 Å². The third kappa shape index (κ3) is 3.18. The quantitative estimate of drug-likeness (QED) is 0.821. The van der Waals surface area contributed by atoms with Gasteiger partial charge in [0.15, 0.2) is 11.7 Å². The Balaban J connectivity index is 2.17. The summed E-state index contributed by atoms with van der Waals surface area (Å²) in [5.41, 5.74) is 1.18. The monoisotopic (exact) mass is 301 g/mol. The fourth-order valence-electron chi connectivity index (χ4n) is 2.79. The Morgan fingerprint density at radius 1 is 1.36 bits per heavy atom. The Bertz CT molecular complexity index is 586. The van der Waals surface area contributed by atoms with Crippen LogP contribution in [0.2, 0.25) is 0 Å². The summed E-state index contributed by atoms with van der Waals surface area (Å²) in [7, 11) is 0. The molecule has 0 unspecified atom stereocenters. The molecule has 1 aromatic carbocycles. The highest BCUT2D eigenvalue weighted by Crippen LogP contribution is 2.26. The molecule has 1 aromatic rings. The number of hydrogen-bond acceptors (Lipinski definition) is 3. The lowest BCUT2D eigenvalue weighted by Gasteiger charge is -2.42. The van der Waals surface area contributed by atoms with Gasteiger partial charge in [-0.05, 0) is 31.4 Å². The van der Waals surface area contributed by atoms with Gasteiger partial charge in [-0.15, -0.1) is 0 Å². The van der Waals surface area contributed by atoms with E-state index in [-0.39, 0.29) is 23.2 Å². The maximum atomic E-state index is 12.4. The lowest BCUT2D eigenvalue weighted by molar-refractivity contribution is -0.131. The van der Waals surface area contributed by atoms with Gasteiger partial charge in [0.05, 0.1) is 13.0 Å². The number of nitrogens with zero attached hydrogens (tertiary/aromatic N) is 1. The summed E-state index contributed by atoms with van der Waals surface area (Å²) in [4.78, 5) is 25.3. The van der Waals surface area contributed by atoms with Crippen LogP contribution in [0, 0.1) is 5.41 Å². The Kier molecular flexibility index (Phi) is 4.64. The third-order valence-corrected chi connectivity index (χ3v) is 4.47. The van der Waals surface area contributed by atoms with Crippen LogP contribution in [0.25, 0.3) is 0 Å². The fraction of sp³-hybridized carbons (Fsp3) is 0.471. The van der Waals surface area contributed by atoms with E-state index in [1.807, 2.05) is 19.9 Å². The maximum Gasteiger partial charge on any atom is 0.231 e. The SMILES string of the molecule is CCC1(CC)CC(=O)N(Cc2cccc(C(C)=O)c2)C(=N)N1. The Hall–Kier alpha value is -2.17. The zero-order valence-electron chi connectivity index (χ0n) is 13.4. The van der Waals surface area contributed by atoms with Crippen molar-refractivity contribution in [3.63, 3.8) is 0 Å². The topological polar surface area (TPSA) is 73.3 Å². The van der Waals surface area contributed by atoms with Gasteiger partial charge < -0.3 is 5.32 Å². The number of ketones is 1. The minimum atomic E-state index is -0.300. The molecule has 0 spiro atoms. The minimum Gasteiger partial charge on any atom is -0.350 e. The highest BCUT2D eigenvalue weighted by atomic mass is 16.2. The van der Waals surface area contributed by atoms with E-state index in [1.54, 1.807) is 18.2 Å². The van der Waals surface area contributed by atoms with Crippen molar-refractivity contribution >= 4 is 17.6 Å². The van der Waals surface area contributed by atoms with Gasteiger partial charge in [-0.1, -0.05) is 32.0 Å². The second-order valence-electron chi connectivity index (χ2n) is 5.87. The molecule has 1 fully saturated rings. The molecule has 22 heavy (non-hydrogen) atoms. The van der Waals surface area contributed by atoms with Gasteiger partial charge >= 0.3 is 0 Å². The number of guanidine groups is 1. The van der Waals surface area contributed by atoms with Gasteiger partial charge in [-0.25, -0.2) is 0 Å². The molecule has 1 amide bonds. The molecule has 5 heteroatoms. The summed E-state index contributed by atoms with van der Waals surface area (Å²) < 4.78 is 0. The van der Waals surface area contributed by atoms with Crippen LogP contribution in [0.4, 0.5) is 0 Å². The molecule has 1 aliphatic rings. The van der Waals surface area contributed by atoms with Crippen molar-refractivity contribution in [2.75, 3.05) is 0 Å². The molecule has 0 radical (unpaired) electrons. The van der Waals surface area contributed by atoms with Crippen molar-refractivity contribution in [2.45, 2.75) is 52.1 Å². The summed E-state index contributed by atoms with van der Waals surface area (Å²) >= 11 is 0. The van der Waals surface area contributed by atoms with E-state index in [2.05, 4.69) is 5.32 Å². The first-order valence-corrected chi connectivity index (χ1v) is 7.68. The highest BCUT2D eigenvalue weighted by molar-refractivity contribution is 5.99. The van der Waals surface area contributed by atoms with Crippen molar-refractivity contribution in [3.05, 3.63) is 35.4 Å². The molecular formula is C17H23N3O2. The van der Waals surface area contributed by atoms with Crippen LogP contribution in [0.15, 0.2) is 24.3 Å². The number of carbonyl (C=O) groups excluding carboxylic acids is 2. The van der Waals surface area contributed by atoms with Crippen LogP contribution in [0.1, 0.15) is 56.0 Å². The van der Waals surface area contributed by atoms with Crippen molar-refractivity contribution in [3.8, 4) is 0 Å². The number of carbonyl (C=O) groups is 2. The molecule has 0 aromatic heterocycles. The normalized spacial score (nSPS) is 17.3. The minimum absolute atomic E-state index is 0.00370. The molecule has 118 valence electrons. The van der Waals surface area contributed by atoms with E-state index in [9.17, 15) is 9.59 Å². The average molecular weight is 301 g/mol. The zero-order valence-corrected chi connectivity index (χ0v) is 13.4. The number of amides is 1. The van der Waals surface area contributed by atoms with Gasteiger partial charge in [0, 0.05) is 11.1 Å². The van der Waals surface area contributed by atoms with Gasteiger partial charge in [-0.2, -0.15) is 0 Å². The predicted molar refractivity (Wildman–Crippen MR) is 85.8 cm³/mol. The first-order valence-electron chi connectivity index (χ1n) is 7.68. The number of benzene rings is 1. The molecule has 0 bridgehead atoms. The van der Waals surface area contributed by atoms with E-state index in [0.29, 0.717) is 18.5 Å². The average Bonchev–Trinajstić information content (AvgIpc) is 2.51. The summed E-state index contributed by atoms with van der Waals surface area (Å²) in [5.74, 6) is 0.102. The zero-order chi connectivity index (χ0) is 16.3. The number of nitrogens with one attached hydrogen (secondary N) is 2. The van der Waals surface area contributed by atoms with Crippen LogP contribution in [0.5, 0.6) is 0 Å².